The Labute approximate surface area is 184 Å². The van der Waals surface area contributed by atoms with Crippen LogP contribution in [0.15, 0.2) is 54.6 Å². The third-order valence-electron chi connectivity index (χ3n) is 6.37. The van der Waals surface area contributed by atoms with Crippen molar-refractivity contribution < 1.29 is 9.53 Å². The molecule has 6 heteroatoms. The first kappa shape index (κ1) is 21.4. The molecule has 31 heavy (non-hydrogen) atoms. The lowest BCUT2D eigenvalue weighted by Gasteiger charge is -2.42. The van der Waals surface area contributed by atoms with Crippen LogP contribution in [0, 0.1) is 17.2 Å². The van der Waals surface area contributed by atoms with Gasteiger partial charge in [-0.15, -0.1) is 0 Å². The van der Waals surface area contributed by atoms with Gasteiger partial charge in [0.25, 0.3) is 0 Å². The summed E-state index contributed by atoms with van der Waals surface area (Å²) < 4.78 is 5.64. The maximum absolute atomic E-state index is 13.3. The number of benzene rings is 2. The Morgan fingerprint density at radius 3 is 2.55 bits per heavy atom. The van der Waals surface area contributed by atoms with Crippen LogP contribution in [0.3, 0.4) is 0 Å². The molecule has 0 spiro atoms. The van der Waals surface area contributed by atoms with Gasteiger partial charge in [-0.3, -0.25) is 9.80 Å². The minimum absolute atomic E-state index is 0.00936. The summed E-state index contributed by atoms with van der Waals surface area (Å²) >= 11 is 0. The second-order valence-electron chi connectivity index (χ2n) is 8.52. The molecule has 0 aliphatic carbocycles. The van der Waals surface area contributed by atoms with Crippen molar-refractivity contribution in [1.29, 1.82) is 5.26 Å². The highest BCUT2D eigenvalue weighted by Gasteiger charge is 2.34. The molecule has 0 aromatic heterocycles. The van der Waals surface area contributed by atoms with E-state index in [1.807, 2.05) is 17.0 Å². The smallest absolute Gasteiger partial charge is 0.324 e. The van der Waals surface area contributed by atoms with Crippen molar-refractivity contribution >= 4 is 11.7 Å². The Balaban J connectivity index is 1.37. The molecule has 1 atom stereocenters. The van der Waals surface area contributed by atoms with Gasteiger partial charge in [-0.05, 0) is 55.6 Å². The van der Waals surface area contributed by atoms with E-state index in [1.165, 1.54) is 5.56 Å². The van der Waals surface area contributed by atoms with Gasteiger partial charge >= 0.3 is 6.03 Å². The van der Waals surface area contributed by atoms with Crippen molar-refractivity contribution in [3.8, 4) is 6.07 Å². The minimum atomic E-state index is -0.0402. The predicted molar refractivity (Wildman–Crippen MR) is 121 cm³/mol. The highest BCUT2D eigenvalue weighted by Crippen LogP contribution is 2.26. The standard InChI is InChI=1S/C25H30N4O2/c1-31-24-18-28(25(30)29(19-24)23-9-5-8-22(14-23)15-26)17-21-10-12-27(13-11-21)16-20-6-3-2-4-7-20/h2-9,14,21,24H,10-13,16-19H2,1H3. The molecule has 2 fully saturated rings. The number of hydrogen-bond donors (Lipinski definition) is 0. The van der Waals surface area contributed by atoms with Gasteiger partial charge in [0.05, 0.1) is 30.8 Å². The second-order valence-corrected chi connectivity index (χ2v) is 8.52. The highest BCUT2D eigenvalue weighted by atomic mass is 16.5. The van der Waals surface area contributed by atoms with Crippen molar-refractivity contribution in [1.82, 2.24) is 9.80 Å². The Morgan fingerprint density at radius 1 is 1.06 bits per heavy atom. The fourth-order valence-corrected chi connectivity index (χ4v) is 4.58. The SMILES string of the molecule is COC1CN(CC2CCN(Cc3ccccc3)CC2)C(=O)N(c2cccc(C#N)c2)C1. The zero-order chi connectivity index (χ0) is 21.6. The molecule has 2 amide bonds. The van der Waals surface area contributed by atoms with Crippen molar-refractivity contribution in [3.63, 3.8) is 0 Å². The van der Waals surface area contributed by atoms with Crippen LogP contribution in [0.5, 0.6) is 0 Å². The van der Waals surface area contributed by atoms with E-state index in [1.54, 1.807) is 24.1 Å². The molecule has 4 rings (SSSR count). The maximum Gasteiger partial charge on any atom is 0.324 e. The summed E-state index contributed by atoms with van der Waals surface area (Å²) in [4.78, 5) is 19.5. The first-order valence-corrected chi connectivity index (χ1v) is 11.0. The van der Waals surface area contributed by atoms with Gasteiger partial charge < -0.3 is 9.64 Å². The van der Waals surface area contributed by atoms with E-state index in [-0.39, 0.29) is 12.1 Å². The first-order valence-electron chi connectivity index (χ1n) is 11.0. The number of amides is 2. The first-order chi connectivity index (χ1) is 15.2. The van der Waals surface area contributed by atoms with E-state index in [0.717, 1.165) is 44.7 Å². The van der Waals surface area contributed by atoms with Gasteiger partial charge in [-0.1, -0.05) is 36.4 Å². The van der Waals surface area contributed by atoms with Crippen LogP contribution in [0.1, 0.15) is 24.0 Å². The van der Waals surface area contributed by atoms with Gasteiger partial charge in [0.2, 0.25) is 0 Å². The van der Waals surface area contributed by atoms with E-state index >= 15 is 0 Å². The number of carbonyl (C=O) groups excluding carboxylic acids is 1. The van der Waals surface area contributed by atoms with Gasteiger partial charge in [-0.25, -0.2) is 4.79 Å². The monoisotopic (exact) mass is 418 g/mol. The molecule has 0 bridgehead atoms. The molecule has 1 unspecified atom stereocenters. The number of nitriles is 1. The van der Waals surface area contributed by atoms with Crippen molar-refractivity contribution in [2.75, 3.05) is 44.7 Å². The average Bonchev–Trinajstić information content (AvgIpc) is 2.82. The van der Waals surface area contributed by atoms with E-state index < -0.39 is 0 Å². The molecule has 6 nitrogen and oxygen atoms in total. The molecule has 2 aromatic rings. The molecule has 0 N–H and O–H groups in total. The molecule has 0 radical (unpaired) electrons. The highest BCUT2D eigenvalue weighted by molar-refractivity contribution is 5.93. The van der Waals surface area contributed by atoms with E-state index in [9.17, 15) is 10.1 Å². The van der Waals surface area contributed by atoms with Crippen LogP contribution >= 0.6 is 0 Å². The summed E-state index contributed by atoms with van der Waals surface area (Å²) in [7, 11) is 1.70. The molecule has 2 heterocycles. The Hall–Kier alpha value is -2.88. The zero-order valence-electron chi connectivity index (χ0n) is 18.1. The van der Waals surface area contributed by atoms with Crippen LogP contribution in [-0.4, -0.2) is 61.8 Å². The minimum Gasteiger partial charge on any atom is -0.378 e. The molecule has 2 aliphatic heterocycles. The Bertz CT molecular complexity index is 919. The number of anilines is 1. The molecular formula is C25H30N4O2. The lowest BCUT2D eigenvalue weighted by molar-refractivity contribution is 0.0545. The van der Waals surface area contributed by atoms with Crippen LogP contribution < -0.4 is 4.90 Å². The van der Waals surface area contributed by atoms with Crippen molar-refractivity contribution in [2.24, 2.45) is 5.92 Å². The number of ether oxygens (including phenoxy) is 1. The number of piperidine rings is 1. The van der Waals surface area contributed by atoms with E-state index in [4.69, 9.17) is 4.74 Å². The largest absolute Gasteiger partial charge is 0.378 e. The summed E-state index contributed by atoms with van der Waals surface area (Å²) in [6, 6.07) is 20.0. The predicted octanol–water partition coefficient (Wildman–Crippen LogP) is 3.73. The maximum atomic E-state index is 13.3. The van der Waals surface area contributed by atoms with Gasteiger partial charge in [0.1, 0.15) is 0 Å². The second kappa shape index (κ2) is 9.95. The number of likely N-dealkylation sites (tertiary alicyclic amines) is 1. The third-order valence-corrected chi connectivity index (χ3v) is 6.37. The fraction of sp³-hybridized carbons (Fsp3) is 0.440. The molecule has 0 saturated carbocycles. The quantitative estimate of drug-likeness (QED) is 0.717. The Morgan fingerprint density at radius 2 is 1.84 bits per heavy atom. The molecule has 162 valence electrons. The summed E-state index contributed by atoms with van der Waals surface area (Å²) in [5, 5.41) is 9.21. The number of methoxy groups -OCH3 is 1. The molecule has 2 saturated heterocycles. The van der Waals surface area contributed by atoms with Crippen LogP contribution in [0.25, 0.3) is 0 Å². The fourth-order valence-electron chi connectivity index (χ4n) is 4.58. The van der Waals surface area contributed by atoms with Crippen molar-refractivity contribution in [3.05, 3.63) is 65.7 Å². The zero-order valence-corrected chi connectivity index (χ0v) is 18.1. The summed E-state index contributed by atoms with van der Waals surface area (Å²) in [5.74, 6) is 0.499. The van der Waals surface area contributed by atoms with Crippen LogP contribution in [0.4, 0.5) is 10.5 Å². The lowest BCUT2D eigenvalue weighted by atomic mass is 9.95. The van der Waals surface area contributed by atoms with Crippen LogP contribution in [0.2, 0.25) is 0 Å². The summed E-state index contributed by atoms with van der Waals surface area (Å²) in [6.45, 7) is 4.99. The lowest BCUT2D eigenvalue weighted by Crippen LogP contribution is -2.57. The number of nitrogens with zero attached hydrogens (tertiary/aromatic N) is 4. The number of hydrogen-bond acceptors (Lipinski definition) is 4. The number of rotatable bonds is 6. The van der Waals surface area contributed by atoms with Crippen LogP contribution in [-0.2, 0) is 11.3 Å². The van der Waals surface area contributed by atoms with Gasteiger partial charge in [0, 0.05) is 25.9 Å². The average molecular weight is 419 g/mol. The van der Waals surface area contributed by atoms with E-state index in [0.29, 0.717) is 24.6 Å². The number of urea groups is 1. The number of carbonyl (C=O) groups is 1. The molecule has 2 aliphatic rings. The topological polar surface area (TPSA) is 59.8 Å². The summed E-state index contributed by atoms with van der Waals surface area (Å²) in [6.07, 6.45) is 2.15. The third kappa shape index (κ3) is 5.25. The normalized spacial score (nSPS) is 20.6. The molecule has 2 aromatic carbocycles. The van der Waals surface area contributed by atoms with Gasteiger partial charge in [0.15, 0.2) is 0 Å². The molecular weight excluding hydrogens is 388 g/mol. The van der Waals surface area contributed by atoms with E-state index in [2.05, 4.69) is 41.3 Å². The van der Waals surface area contributed by atoms with Crippen molar-refractivity contribution in [2.45, 2.75) is 25.5 Å². The van der Waals surface area contributed by atoms with Gasteiger partial charge in [-0.2, -0.15) is 5.26 Å². The summed E-state index contributed by atoms with van der Waals surface area (Å²) in [5.41, 5.74) is 2.67. The Kier molecular flexibility index (Phi) is 6.86.